The first-order valence-corrected chi connectivity index (χ1v) is 9.14. The summed E-state index contributed by atoms with van der Waals surface area (Å²) in [6.45, 7) is 6.24. The molecule has 130 valence electrons. The van der Waals surface area contributed by atoms with Crippen molar-refractivity contribution < 1.29 is 9.90 Å². The van der Waals surface area contributed by atoms with E-state index in [4.69, 9.17) is 5.11 Å². The average Bonchev–Trinajstić information content (AvgIpc) is 3.01. The molecule has 1 atom stereocenters. The van der Waals surface area contributed by atoms with Crippen molar-refractivity contribution in [2.45, 2.75) is 44.8 Å². The Labute approximate surface area is 147 Å². The van der Waals surface area contributed by atoms with Crippen LogP contribution in [-0.2, 0) is 4.79 Å². The highest BCUT2D eigenvalue weighted by molar-refractivity contribution is 7.99. The number of aromatic nitrogens is 2. The van der Waals surface area contributed by atoms with Crippen LogP contribution in [0.3, 0.4) is 0 Å². The van der Waals surface area contributed by atoms with Crippen molar-refractivity contribution in [2.75, 3.05) is 12.4 Å². The molecule has 1 unspecified atom stereocenters. The Morgan fingerprint density at radius 1 is 1.42 bits per heavy atom. The Bertz CT molecular complexity index is 685. The molecule has 0 aliphatic rings. The molecule has 0 aliphatic heterocycles. The van der Waals surface area contributed by atoms with Crippen molar-refractivity contribution in [1.82, 2.24) is 14.9 Å². The zero-order valence-corrected chi connectivity index (χ0v) is 15.3. The molecule has 1 aromatic carbocycles. The SMILES string of the molecule is Cc1ccc(C)c(-n2ccnc2SCC(=O)NC(C)CCCO)c1. The van der Waals surface area contributed by atoms with Crippen LogP contribution in [0.1, 0.15) is 30.9 Å². The number of aliphatic hydroxyl groups excluding tert-OH is 1. The molecule has 0 bridgehead atoms. The van der Waals surface area contributed by atoms with Crippen molar-refractivity contribution in [3.63, 3.8) is 0 Å². The first-order chi connectivity index (χ1) is 11.5. The van der Waals surface area contributed by atoms with E-state index >= 15 is 0 Å². The van der Waals surface area contributed by atoms with Crippen LogP contribution in [0.15, 0.2) is 35.7 Å². The molecule has 6 heteroatoms. The lowest BCUT2D eigenvalue weighted by molar-refractivity contribution is -0.119. The van der Waals surface area contributed by atoms with Gasteiger partial charge in [-0.05, 0) is 50.8 Å². The quantitative estimate of drug-likeness (QED) is 0.721. The predicted octanol–water partition coefficient (Wildman–Crippen LogP) is 2.86. The molecule has 2 N–H and O–H groups in total. The number of carbonyl (C=O) groups is 1. The normalized spacial score (nSPS) is 12.2. The number of aliphatic hydroxyl groups is 1. The lowest BCUT2D eigenvalue weighted by Gasteiger charge is -2.14. The Kier molecular flexibility index (Phi) is 6.87. The van der Waals surface area contributed by atoms with Gasteiger partial charge >= 0.3 is 0 Å². The minimum absolute atomic E-state index is 0.0130. The second kappa shape index (κ2) is 8.89. The average molecular weight is 347 g/mol. The molecule has 2 rings (SSSR count). The molecule has 5 nitrogen and oxygen atoms in total. The summed E-state index contributed by atoms with van der Waals surface area (Å²) in [6, 6.07) is 6.38. The van der Waals surface area contributed by atoms with Crippen LogP contribution in [0.4, 0.5) is 0 Å². The predicted molar refractivity (Wildman–Crippen MR) is 97.7 cm³/mol. The second-order valence-electron chi connectivity index (χ2n) is 5.99. The van der Waals surface area contributed by atoms with Gasteiger partial charge in [0.1, 0.15) is 0 Å². The van der Waals surface area contributed by atoms with Gasteiger partial charge in [-0.25, -0.2) is 4.98 Å². The van der Waals surface area contributed by atoms with E-state index < -0.39 is 0 Å². The third kappa shape index (κ3) is 5.11. The minimum Gasteiger partial charge on any atom is -0.396 e. The number of amides is 1. The van der Waals surface area contributed by atoms with Crippen molar-refractivity contribution in [2.24, 2.45) is 0 Å². The Balaban J connectivity index is 1.99. The monoisotopic (exact) mass is 347 g/mol. The van der Waals surface area contributed by atoms with Gasteiger partial charge in [-0.2, -0.15) is 0 Å². The molecule has 1 heterocycles. The van der Waals surface area contributed by atoms with E-state index in [2.05, 4.69) is 42.3 Å². The first-order valence-electron chi connectivity index (χ1n) is 8.15. The smallest absolute Gasteiger partial charge is 0.230 e. The van der Waals surface area contributed by atoms with Crippen molar-refractivity contribution in [1.29, 1.82) is 0 Å². The summed E-state index contributed by atoms with van der Waals surface area (Å²) >= 11 is 1.43. The zero-order valence-electron chi connectivity index (χ0n) is 14.5. The molecular weight excluding hydrogens is 322 g/mol. The maximum absolute atomic E-state index is 12.0. The molecule has 1 aromatic heterocycles. The van der Waals surface area contributed by atoms with Gasteiger partial charge in [0.25, 0.3) is 0 Å². The van der Waals surface area contributed by atoms with Crippen LogP contribution in [0.25, 0.3) is 5.69 Å². The van der Waals surface area contributed by atoms with Crippen molar-refractivity contribution in [3.8, 4) is 5.69 Å². The van der Waals surface area contributed by atoms with E-state index in [1.54, 1.807) is 6.20 Å². The molecule has 0 aliphatic carbocycles. The van der Waals surface area contributed by atoms with Crippen LogP contribution in [0, 0.1) is 13.8 Å². The number of aryl methyl sites for hydroxylation is 2. The van der Waals surface area contributed by atoms with E-state index in [-0.39, 0.29) is 18.6 Å². The third-order valence-electron chi connectivity index (χ3n) is 3.77. The molecule has 0 fully saturated rings. The number of benzene rings is 1. The topological polar surface area (TPSA) is 67.2 Å². The van der Waals surface area contributed by atoms with E-state index in [0.29, 0.717) is 12.2 Å². The fourth-order valence-corrected chi connectivity index (χ4v) is 3.25. The zero-order chi connectivity index (χ0) is 17.5. The van der Waals surface area contributed by atoms with Crippen molar-refractivity contribution >= 4 is 17.7 Å². The number of thioether (sulfide) groups is 1. The van der Waals surface area contributed by atoms with Gasteiger partial charge in [0.15, 0.2) is 5.16 Å². The number of imidazole rings is 1. The second-order valence-corrected chi connectivity index (χ2v) is 6.94. The summed E-state index contributed by atoms with van der Waals surface area (Å²) in [5.74, 6) is 0.312. The number of nitrogens with zero attached hydrogens (tertiary/aromatic N) is 2. The largest absolute Gasteiger partial charge is 0.396 e. The standard InChI is InChI=1S/C18H25N3O2S/c1-13-6-7-14(2)16(11-13)21-9-8-19-18(21)24-12-17(23)20-15(3)5-4-10-22/h6-9,11,15,22H,4-5,10,12H2,1-3H3,(H,20,23). The maximum atomic E-state index is 12.0. The van der Waals surface area contributed by atoms with Crippen LogP contribution in [0.5, 0.6) is 0 Å². The van der Waals surface area contributed by atoms with Gasteiger partial charge in [0, 0.05) is 25.0 Å². The number of nitrogens with one attached hydrogen (secondary N) is 1. The highest BCUT2D eigenvalue weighted by Gasteiger charge is 2.12. The van der Waals surface area contributed by atoms with Gasteiger partial charge in [-0.3, -0.25) is 9.36 Å². The van der Waals surface area contributed by atoms with E-state index in [0.717, 1.165) is 17.3 Å². The van der Waals surface area contributed by atoms with Crippen molar-refractivity contribution in [3.05, 3.63) is 41.7 Å². The Morgan fingerprint density at radius 2 is 2.21 bits per heavy atom. The summed E-state index contributed by atoms with van der Waals surface area (Å²) in [5.41, 5.74) is 3.45. The highest BCUT2D eigenvalue weighted by Crippen LogP contribution is 2.23. The summed E-state index contributed by atoms with van der Waals surface area (Å²) in [7, 11) is 0. The Morgan fingerprint density at radius 3 is 2.96 bits per heavy atom. The number of carbonyl (C=O) groups excluding carboxylic acids is 1. The fraction of sp³-hybridized carbons (Fsp3) is 0.444. The minimum atomic E-state index is -0.0130. The number of hydrogen-bond donors (Lipinski definition) is 2. The third-order valence-corrected chi connectivity index (χ3v) is 4.73. The lowest BCUT2D eigenvalue weighted by atomic mass is 10.1. The molecule has 2 aromatic rings. The highest BCUT2D eigenvalue weighted by atomic mass is 32.2. The molecule has 1 amide bonds. The number of rotatable bonds is 8. The van der Waals surface area contributed by atoms with Crippen LogP contribution in [-0.4, -0.2) is 39.0 Å². The van der Waals surface area contributed by atoms with E-state index in [1.165, 1.54) is 22.9 Å². The summed E-state index contributed by atoms with van der Waals surface area (Å²) in [6.07, 6.45) is 5.16. The van der Waals surface area contributed by atoms with E-state index in [9.17, 15) is 4.79 Å². The molecule has 0 spiro atoms. The first kappa shape index (κ1) is 18.5. The molecular formula is C18H25N3O2S. The van der Waals surface area contributed by atoms with E-state index in [1.807, 2.05) is 17.7 Å². The summed E-state index contributed by atoms with van der Waals surface area (Å²) < 4.78 is 2.02. The summed E-state index contributed by atoms with van der Waals surface area (Å²) in [5, 5.41) is 12.6. The summed E-state index contributed by atoms with van der Waals surface area (Å²) in [4.78, 5) is 16.4. The van der Waals surface area contributed by atoms with Gasteiger partial charge < -0.3 is 10.4 Å². The van der Waals surface area contributed by atoms with Gasteiger partial charge in [-0.15, -0.1) is 0 Å². The Hall–Kier alpha value is -1.79. The van der Waals surface area contributed by atoms with Crippen LogP contribution >= 0.6 is 11.8 Å². The van der Waals surface area contributed by atoms with Gasteiger partial charge in [-0.1, -0.05) is 23.9 Å². The molecule has 0 saturated carbocycles. The molecule has 0 saturated heterocycles. The molecule has 0 radical (unpaired) electrons. The van der Waals surface area contributed by atoms with Gasteiger partial charge in [0.05, 0.1) is 11.4 Å². The fourth-order valence-electron chi connectivity index (χ4n) is 2.48. The lowest BCUT2D eigenvalue weighted by Crippen LogP contribution is -2.34. The molecule has 24 heavy (non-hydrogen) atoms. The van der Waals surface area contributed by atoms with Crippen LogP contribution < -0.4 is 5.32 Å². The number of hydrogen-bond acceptors (Lipinski definition) is 4. The maximum Gasteiger partial charge on any atom is 0.230 e. The van der Waals surface area contributed by atoms with Crippen LogP contribution in [0.2, 0.25) is 0 Å². The van der Waals surface area contributed by atoms with Gasteiger partial charge in [0.2, 0.25) is 5.91 Å².